The summed E-state index contributed by atoms with van der Waals surface area (Å²) in [5, 5.41) is 0. The highest BCUT2D eigenvalue weighted by atomic mass is 79.9. The van der Waals surface area contributed by atoms with Crippen molar-refractivity contribution in [1.82, 2.24) is 4.90 Å². The second kappa shape index (κ2) is 4.83. The summed E-state index contributed by atoms with van der Waals surface area (Å²) in [7, 11) is 0. The molecule has 2 rings (SSSR count). The lowest BCUT2D eigenvalue weighted by atomic mass is 10.1. The predicted molar refractivity (Wildman–Crippen MR) is 68.5 cm³/mol. The number of hydrogen-bond acceptors (Lipinski definition) is 1. The SMILES string of the molecule is Cc1c(Br)cccc1C(=O)N1CC=CCC1. The van der Waals surface area contributed by atoms with Crippen LogP contribution in [0.1, 0.15) is 22.3 Å². The maximum absolute atomic E-state index is 12.2. The van der Waals surface area contributed by atoms with Crippen LogP contribution in [0.25, 0.3) is 0 Å². The van der Waals surface area contributed by atoms with Gasteiger partial charge in [0.25, 0.3) is 5.91 Å². The molecule has 1 aromatic rings. The smallest absolute Gasteiger partial charge is 0.254 e. The lowest BCUT2D eigenvalue weighted by molar-refractivity contribution is 0.0770. The molecule has 0 N–H and O–H groups in total. The standard InChI is InChI=1S/C13H14BrNO/c1-10-11(6-5-7-12(10)14)13(16)15-8-3-2-4-9-15/h2-3,5-7H,4,8-9H2,1H3. The van der Waals surface area contributed by atoms with Gasteiger partial charge in [-0.05, 0) is 31.0 Å². The van der Waals surface area contributed by atoms with Gasteiger partial charge in [-0.25, -0.2) is 0 Å². The van der Waals surface area contributed by atoms with Crippen molar-refractivity contribution in [2.24, 2.45) is 0 Å². The first-order chi connectivity index (χ1) is 7.70. The Morgan fingerprint density at radius 1 is 1.38 bits per heavy atom. The Morgan fingerprint density at radius 2 is 2.19 bits per heavy atom. The van der Waals surface area contributed by atoms with Crippen molar-refractivity contribution in [3.8, 4) is 0 Å². The highest BCUT2D eigenvalue weighted by molar-refractivity contribution is 9.10. The van der Waals surface area contributed by atoms with Gasteiger partial charge >= 0.3 is 0 Å². The van der Waals surface area contributed by atoms with Crippen LogP contribution in [-0.2, 0) is 0 Å². The maximum atomic E-state index is 12.2. The fourth-order valence-corrected chi connectivity index (χ4v) is 2.20. The van der Waals surface area contributed by atoms with Gasteiger partial charge in [0.15, 0.2) is 0 Å². The van der Waals surface area contributed by atoms with Gasteiger partial charge in [-0.1, -0.05) is 34.1 Å². The molecule has 0 aliphatic carbocycles. The van der Waals surface area contributed by atoms with E-state index in [1.54, 1.807) is 0 Å². The molecule has 0 atom stereocenters. The molecule has 1 aliphatic heterocycles. The third-order valence-electron chi connectivity index (χ3n) is 2.84. The largest absolute Gasteiger partial charge is 0.335 e. The molecule has 1 amide bonds. The first-order valence-electron chi connectivity index (χ1n) is 5.39. The maximum Gasteiger partial charge on any atom is 0.254 e. The van der Waals surface area contributed by atoms with Crippen molar-refractivity contribution >= 4 is 21.8 Å². The Morgan fingerprint density at radius 3 is 2.88 bits per heavy atom. The minimum Gasteiger partial charge on any atom is -0.335 e. The van der Waals surface area contributed by atoms with E-state index in [1.165, 1.54) is 0 Å². The summed E-state index contributed by atoms with van der Waals surface area (Å²) in [5.74, 6) is 0.128. The zero-order valence-electron chi connectivity index (χ0n) is 9.24. The Labute approximate surface area is 104 Å². The van der Waals surface area contributed by atoms with Gasteiger partial charge in [-0.3, -0.25) is 4.79 Å². The van der Waals surface area contributed by atoms with E-state index in [-0.39, 0.29) is 5.91 Å². The summed E-state index contributed by atoms with van der Waals surface area (Å²) >= 11 is 3.45. The second-order valence-corrected chi connectivity index (χ2v) is 4.78. The van der Waals surface area contributed by atoms with Crippen molar-refractivity contribution < 1.29 is 4.79 Å². The average Bonchev–Trinajstić information content (AvgIpc) is 2.33. The number of rotatable bonds is 1. The first-order valence-corrected chi connectivity index (χ1v) is 6.19. The minimum absolute atomic E-state index is 0.128. The molecule has 2 nitrogen and oxygen atoms in total. The molecule has 16 heavy (non-hydrogen) atoms. The molecular weight excluding hydrogens is 266 g/mol. The number of hydrogen-bond donors (Lipinski definition) is 0. The van der Waals surface area contributed by atoms with Gasteiger partial charge in [0.05, 0.1) is 0 Å². The average molecular weight is 280 g/mol. The van der Waals surface area contributed by atoms with Crippen LogP contribution in [0.4, 0.5) is 0 Å². The van der Waals surface area contributed by atoms with Gasteiger partial charge < -0.3 is 4.90 Å². The fraction of sp³-hybridized carbons (Fsp3) is 0.308. The van der Waals surface area contributed by atoms with E-state index in [4.69, 9.17) is 0 Å². The normalized spacial score (nSPS) is 15.2. The van der Waals surface area contributed by atoms with Crippen molar-refractivity contribution in [2.45, 2.75) is 13.3 Å². The van der Waals surface area contributed by atoms with E-state index in [0.29, 0.717) is 0 Å². The number of carbonyl (C=O) groups is 1. The first kappa shape index (κ1) is 11.4. The summed E-state index contributed by atoms with van der Waals surface area (Å²) < 4.78 is 0.992. The molecule has 1 heterocycles. The molecule has 0 saturated heterocycles. The van der Waals surface area contributed by atoms with Crippen molar-refractivity contribution in [3.63, 3.8) is 0 Å². The van der Waals surface area contributed by atoms with E-state index in [2.05, 4.69) is 28.1 Å². The molecule has 0 bridgehead atoms. The lowest BCUT2D eigenvalue weighted by Gasteiger charge is -2.24. The molecule has 84 valence electrons. The second-order valence-electron chi connectivity index (χ2n) is 3.92. The molecule has 3 heteroatoms. The van der Waals surface area contributed by atoms with E-state index < -0.39 is 0 Å². The van der Waals surface area contributed by atoms with Crippen LogP contribution in [-0.4, -0.2) is 23.9 Å². The molecule has 0 aromatic heterocycles. The van der Waals surface area contributed by atoms with Crippen LogP contribution >= 0.6 is 15.9 Å². The van der Waals surface area contributed by atoms with Gasteiger partial charge in [-0.15, -0.1) is 0 Å². The number of benzene rings is 1. The highest BCUT2D eigenvalue weighted by Gasteiger charge is 2.18. The number of amides is 1. The van der Waals surface area contributed by atoms with Crippen LogP contribution in [0, 0.1) is 6.92 Å². The van der Waals surface area contributed by atoms with Crippen LogP contribution in [0.15, 0.2) is 34.8 Å². The summed E-state index contributed by atoms with van der Waals surface area (Å²) in [6.45, 7) is 3.52. The number of nitrogens with zero attached hydrogens (tertiary/aromatic N) is 1. The Hall–Kier alpha value is -1.09. The van der Waals surface area contributed by atoms with E-state index in [0.717, 1.165) is 35.1 Å². The van der Waals surface area contributed by atoms with Crippen LogP contribution < -0.4 is 0 Å². The van der Waals surface area contributed by atoms with Crippen molar-refractivity contribution in [1.29, 1.82) is 0 Å². The third kappa shape index (κ3) is 2.19. The molecule has 0 spiro atoms. The molecule has 0 unspecified atom stereocenters. The van der Waals surface area contributed by atoms with E-state index >= 15 is 0 Å². The number of carbonyl (C=O) groups excluding carboxylic acids is 1. The summed E-state index contributed by atoms with van der Waals surface area (Å²) in [4.78, 5) is 14.1. The Balaban J connectivity index is 2.26. The quantitative estimate of drug-likeness (QED) is 0.724. The number of halogens is 1. The summed E-state index contributed by atoms with van der Waals surface area (Å²) in [5.41, 5.74) is 1.81. The van der Waals surface area contributed by atoms with Crippen LogP contribution in [0.5, 0.6) is 0 Å². The molecule has 1 aromatic carbocycles. The topological polar surface area (TPSA) is 20.3 Å². The van der Waals surface area contributed by atoms with Crippen molar-refractivity contribution in [3.05, 3.63) is 46.0 Å². The van der Waals surface area contributed by atoms with Gasteiger partial charge in [0.1, 0.15) is 0 Å². The van der Waals surface area contributed by atoms with E-state index in [9.17, 15) is 4.79 Å². The van der Waals surface area contributed by atoms with Gasteiger partial charge in [0.2, 0.25) is 0 Å². The Bertz CT molecular complexity index is 440. The Kier molecular flexibility index (Phi) is 3.44. The molecule has 0 fully saturated rings. The monoisotopic (exact) mass is 279 g/mol. The summed E-state index contributed by atoms with van der Waals surface area (Å²) in [6.07, 6.45) is 5.13. The van der Waals surface area contributed by atoms with Crippen LogP contribution in [0.2, 0.25) is 0 Å². The van der Waals surface area contributed by atoms with Crippen LogP contribution in [0.3, 0.4) is 0 Å². The zero-order valence-corrected chi connectivity index (χ0v) is 10.8. The van der Waals surface area contributed by atoms with Gasteiger partial charge in [-0.2, -0.15) is 0 Å². The molecular formula is C13H14BrNO. The predicted octanol–water partition coefficient (Wildman–Crippen LogP) is 3.16. The third-order valence-corrected chi connectivity index (χ3v) is 3.70. The van der Waals surface area contributed by atoms with Gasteiger partial charge in [0, 0.05) is 23.1 Å². The summed E-state index contributed by atoms with van der Waals surface area (Å²) in [6, 6.07) is 5.76. The zero-order chi connectivity index (χ0) is 11.5. The fourth-order valence-electron chi connectivity index (χ4n) is 1.84. The van der Waals surface area contributed by atoms with Crippen molar-refractivity contribution in [2.75, 3.05) is 13.1 Å². The lowest BCUT2D eigenvalue weighted by Crippen LogP contribution is -2.34. The highest BCUT2D eigenvalue weighted by Crippen LogP contribution is 2.21. The minimum atomic E-state index is 0.128. The molecule has 0 radical (unpaired) electrons. The molecule has 1 aliphatic rings. The molecule has 0 saturated carbocycles. The van der Waals surface area contributed by atoms with E-state index in [1.807, 2.05) is 30.0 Å².